The number of carbonyl (C=O) groups excluding carboxylic acids is 3. The average Bonchev–Trinajstić information content (AvgIpc) is 2.57. The van der Waals surface area contributed by atoms with E-state index in [9.17, 15) is 14.4 Å². The molecule has 2 rings (SSSR count). The van der Waals surface area contributed by atoms with Gasteiger partial charge in [-0.25, -0.2) is 4.79 Å². The Hall–Kier alpha value is -2.57. The lowest BCUT2D eigenvalue weighted by Crippen LogP contribution is -2.44. The van der Waals surface area contributed by atoms with Crippen molar-refractivity contribution in [3.8, 4) is 5.75 Å². The van der Waals surface area contributed by atoms with Crippen molar-refractivity contribution in [2.45, 2.75) is 26.7 Å². The third kappa shape index (κ3) is 4.97. The second kappa shape index (κ2) is 8.33. The Bertz CT molecular complexity index is 592. The van der Waals surface area contributed by atoms with Crippen molar-refractivity contribution < 1.29 is 19.1 Å². The van der Waals surface area contributed by atoms with Crippen LogP contribution in [0.4, 0.5) is 10.5 Å². The summed E-state index contributed by atoms with van der Waals surface area (Å²) in [4.78, 5) is 37.0. The molecule has 0 saturated carbocycles. The van der Waals surface area contributed by atoms with Crippen LogP contribution in [-0.2, 0) is 9.59 Å². The van der Waals surface area contributed by atoms with Gasteiger partial charge in [0.05, 0.1) is 6.61 Å². The van der Waals surface area contributed by atoms with Crippen molar-refractivity contribution in [3.05, 3.63) is 24.3 Å². The summed E-state index contributed by atoms with van der Waals surface area (Å²) < 4.78 is 5.32. The normalized spacial score (nSPS) is 14.8. The highest BCUT2D eigenvalue weighted by Gasteiger charge is 2.26. The maximum Gasteiger partial charge on any atom is 0.325 e. The number of nitrogens with zero attached hydrogens (tertiary/aromatic N) is 1. The van der Waals surface area contributed by atoms with Gasteiger partial charge >= 0.3 is 6.03 Å². The van der Waals surface area contributed by atoms with E-state index in [1.54, 1.807) is 29.2 Å². The molecular formula is C17H23N3O4. The Labute approximate surface area is 141 Å². The van der Waals surface area contributed by atoms with E-state index in [0.29, 0.717) is 38.2 Å². The molecule has 1 aliphatic rings. The second-order valence-electron chi connectivity index (χ2n) is 5.68. The fraction of sp³-hybridized carbons (Fsp3) is 0.471. The molecule has 7 heteroatoms. The number of benzene rings is 1. The van der Waals surface area contributed by atoms with Gasteiger partial charge < -0.3 is 15.0 Å². The number of rotatable bonds is 4. The van der Waals surface area contributed by atoms with Gasteiger partial charge in [0, 0.05) is 31.6 Å². The molecule has 1 saturated heterocycles. The first kappa shape index (κ1) is 17.8. The molecular weight excluding hydrogens is 310 g/mol. The van der Waals surface area contributed by atoms with Crippen molar-refractivity contribution in [3.63, 3.8) is 0 Å². The number of amides is 4. The lowest BCUT2D eigenvalue weighted by atomic mass is 9.96. The quantitative estimate of drug-likeness (QED) is 0.882. The monoisotopic (exact) mass is 333 g/mol. The van der Waals surface area contributed by atoms with Gasteiger partial charge in [-0.3, -0.25) is 14.9 Å². The molecule has 0 spiro atoms. The summed E-state index contributed by atoms with van der Waals surface area (Å²) in [5, 5.41) is 4.98. The molecule has 0 aliphatic carbocycles. The summed E-state index contributed by atoms with van der Waals surface area (Å²) >= 11 is 0. The zero-order chi connectivity index (χ0) is 17.5. The summed E-state index contributed by atoms with van der Waals surface area (Å²) in [6.45, 7) is 5.09. The average molecular weight is 333 g/mol. The summed E-state index contributed by atoms with van der Waals surface area (Å²) in [5.74, 6) is 0.187. The van der Waals surface area contributed by atoms with Crippen LogP contribution in [0, 0.1) is 5.92 Å². The number of likely N-dealkylation sites (tertiary alicyclic amines) is 1. The first-order valence-electron chi connectivity index (χ1n) is 8.09. The fourth-order valence-electron chi connectivity index (χ4n) is 2.63. The second-order valence-corrected chi connectivity index (χ2v) is 5.68. The van der Waals surface area contributed by atoms with Crippen molar-refractivity contribution in [1.82, 2.24) is 10.2 Å². The number of urea groups is 1. The number of piperidine rings is 1. The number of hydrogen-bond acceptors (Lipinski definition) is 4. The lowest BCUT2D eigenvalue weighted by Gasteiger charge is -2.30. The minimum Gasteiger partial charge on any atom is -0.494 e. The molecule has 1 heterocycles. The van der Waals surface area contributed by atoms with Crippen LogP contribution >= 0.6 is 0 Å². The molecule has 7 nitrogen and oxygen atoms in total. The molecule has 1 aliphatic heterocycles. The molecule has 24 heavy (non-hydrogen) atoms. The topological polar surface area (TPSA) is 87.7 Å². The predicted octanol–water partition coefficient (Wildman–Crippen LogP) is 1.99. The Balaban J connectivity index is 1.79. The van der Waals surface area contributed by atoms with Gasteiger partial charge in [-0.15, -0.1) is 0 Å². The molecule has 1 aromatic rings. The van der Waals surface area contributed by atoms with Crippen LogP contribution in [0.5, 0.6) is 5.75 Å². The lowest BCUT2D eigenvalue weighted by molar-refractivity contribution is -0.133. The first-order valence-corrected chi connectivity index (χ1v) is 8.09. The van der Waals surface area contributed by atoms with E-state index in [4.69, 9.17) is 4.74 Å². The van der Waals surface area contributed by atoms with Crippen LogP contribution in [0.3, 0.4) is 0 Å². The SMILES string of the molecule is CCOc1ccc(NC(=O)NC(=O)C2CCN(C(C)=O)CC2)cc1. The zero-order valence-electron chi connectivity index (χ0n) is 14.0. The predicted molar refractivity (Wildman–Crippen MR) is 89.8 cm³/mol. The Morgan fingerprint density at radius 2 is 1.79 bits per heavy atom. The van der Waals surface area contributed by atoms with Crippen LogP contribution in [0.25, 0.3) is 0 Å². The molecule has 2 N–H and O–H groups in total. The smallest absolute Gasteiger partial charge is 0.325 e. The van der Waals surface area contributed by atoms with E-state index >= 15 is 0 Å². The third-order valence-corrected chi connectivity index (χ3v) is 3.97. The van der Waals surface area contributed by atoms with E-state index in [-0.39, 0.29) is 17.7 Å². The molecule has 0 atom stereocenters. The van der Waals surface area contributed by atoms with Crippen LogP contribution in [0.1, 0.15) is 26.7 Å². The molecule has 0 radical (unpaired) electrons. The van der Waals surface area contributed by atoms with Gasteiger partial charge in [-0.1, -0.05) is 0 Å². The van der Waals surface area contributed by atoms with Gasteiger partial charge in [0.25, 0.3) is 0 Å². The zero-order valence-corrected chi connectivity index (χ0v) is 14.0. The van der Waals surface area contributed by atoms with Gasteiger partial charge in [0.15, 0.2) is 0 Å². The van der Waals surface area contributed by atoms with Gasteiger partial charge in [-0.05, 0) is 44.0 Å². The molecule has 1 aromatic carbocycles. The number of nitrogens with one attached hydrogen (secondary N) is 2. The minimum atomic E-state index is -0.557. The third-order valence-electron chi connectivity index (χ3n) is 3.97. The van der Waals surface area contributed by atoms with E-state index < -0.39 is 6.03 Å². The number of imide groups is 1. The van der Waals surface area contributed by atoms with Crippen molar-refractivity contribution in [1.29, 1.82) is 0 Å². The van der Waals surface area contributed by atoms with Gasteiger partial charge in [-0.2, -0.15) is 0 Å². The fourth-order valence-corrected chi connectivity index (χ4v) is 2.63. The van der Waals surface area contributed by atoms with E-state index in [0.717, 1.165) is 5.75 Å². The molecule has 130 valence electrons. The summed E-state index contributed by atoms with van der Waals surface area (Å²) in [7, 11) is 0. The highest BCUT2D eigenvalue weighted by Crippen LogP contribution is 2.18. The Morgan fingerprint density at radius 3 is 2.33 bits per heavy atom. The molecule has 0 bridgehead atoms. The summed E-state index contributed by atoms with van der Waals surface area (Å²) in [6.07, 6.45) is 1.14. The van der Waals surface area contributed by atoms with Crippen LogP contribution in [0.15, 0.2) is 24.3 Å². The summed E-state index contributed by atoms with van der Waals surface area (Å²) in [5.41, 5.74) is 0.579. The Morgan fingerprint density at radius 1 is 1.17 bits per heavy atom. The highest BCUT2D eigenvalue weighted by atomic mass is 16.5. The number of ether oxygens (including phenoxy) is 1. The standard InChI is InChI=1S/C17H23N3O4/c1-3-24-15-6-4-14(5-7-15)18-17(23)19-16(22)13-8-10-20(11-9-13)12(2)21/h4-7,13H,3,8-11H2,1-2H3,(H2,18,19,22,23). The van der Waals surface area contributed by atoms with Crippen LogP contribution in [-0.4, -0.2) is 42.4 Å². The van der Waals surface area contributed by atoms with Crippen LogP contribution < -0.4 is 15.4 Å². The number of carbonyl (C=O) groups is 3. The number of hydrogen-bond donors (Lipinski definition) is 2. The van der Waals surface area contributed by atoms with Crippen molar-refractivity contribution >= 4 is 23.5 Å². The molecule has 1 fully saturated rings. The maximum atomic E-state index is 12.1. The first-order chi connectivity index (χ1) is 11.5. The maximum absolute atomic E-state index is 12.1. The van der Waals surface area contributed by atoms with Crippen LogP contribution in [0.2, 0.25) is 0 Å². The van der Waals surface area contributed by atoms with E-state index in [1.807, 2.05) is 6.92 Å². The molecule has 4 amide bonds. The highest BCUT2D eigenvalue weighted by molar-refractivity contribution is 6.01. The summed E-state index contributed by atoms with van der Waals surface area (Å²) in [6, 6.07) is 6.36. The van der Waals surface area contributed by atoms with E-state index in [2.05, 4.69) is 10.6 Å². The number of anilines is 1. The largest absolute Gasteiger partial charge is 0.494 e. The minimum absolute atomic E-state index is 0.0158. The van der Waals surface area contributed by atoms with E-state index in [1.165, 1.54) is 6.92 Å². The van der Waals surface area contributed by atoms with Crippen molar-refractivity contribution in [2.24, 2.45) is 5.92 Å². The molecule has 0 aromatic heterocycles. The van der Waals surface area contributed by atoms with Gasteiger partial charge in [0.1, 0.15) is 5.75 Å². The molecule has 0 unspecified atom stereocenters. The van der Waals surface area contributed by atoms with Gasteiger partial charge in [0.2, 0.25) is 11.8 Å². The Kier molecular flexibility index (Phi) is 6.17. The van der Waals surface area contributed by atoms with Crippen molar-refractivity contribution in [2.75, 3.05) is 25.0 Å².